The van der Waals surface area contributed by atoms with E-state index in [1.54, 1.807) is 11.0 Å². The van der Waals surface area contributed by atoms with Gasteiger partial charge < -0.3 is 14.7 Å². The Morgan fingerprint density at radius 2 is 1.91 bits per heavy atom. The predicted octanol–water partition coefficient (Wildman–Crippen LogP) is 2.47. The van der Waals surface area contributed by atoms with E-state index < -0.39 is 5.97 Å². The Morgan fingerprint density at radius 1 is 1.27 bits per heavy atom. The van der Waals surface area contributed by atoms with Gasteiger partial charge in [0.25, 0.3) is 0 Å². The second-order valence-electron chi connectivity index (χ2n) is 4.65. The lowest BCUT2D eigenvalue weighted by atomic mass is 10.2. The topological polar surface area (TPSA) is 66.8 Å². The molecule has 2 rings (SSSR count). The van der Waals surface area contributed by atoms with Crippen molar-refractivity contribution in [2.75, 3.05) is 32.1 Å². The number of rotatable bonds is 5. The number of nitrogens with zero attached hydrogens (tertiary/aromatic N) is 1. The van der Waals surface area contributed by atoms with Gasteiger partial charge in [-0.2, -0.15) is 0 Å². The summed E-state index contributed by atoms with van der Waals surface area (Å²) in [5.41, 5.74) is 0.784. The highest BCUT2D eigenvalue weighted by molar-refractivity contribution is 9.10. The van der Waals surface area contributed by atoms with Crippen LogP contribution in [0, 0.1) is 0 Å². The van der Waals surface area contributed by atoms with Gasteiger partial charge in [-0.05, 0) is 23.8 Å². The molecule has 22 heavy (non-hydrogen) atoms. The third-order valence-corrected chi connectivity index (χ3v) is 4.62. The molecule has 0 bridgehead atoms. The van der Waals surface area contributed by atoms with E-state index in [0.717, 1.165) is 21.8 Å². The van der Waals surface area contributed by atoms with Crippen LogP contribution in [0.3, 0.4) is 0 Å². The van der Waals surface area contributed by atoms with Gasteiger partial charge in [0.05, 0.1) is 23.9 Å². The average Bonchev–Trinajstić information content (AvgIpc) is 2.53. The Balaban J connectivity index is 1.98. The van der Waals surface area contributed by atoms with E-state index in [1.165, 1.54) is 0 Å². The first kappa shape index (κ1) is 17.1. The third kappa shape index (κ3) is 5.15. The van der Waals surface area contributed by atoms with Crippen LogP contribution >= 0.6 is 27.7 Å². The first-order chi connectivity index (χ1) is 10.6. The summed E-state index contributed by atoms with van der Waals surface area (Å²) >= 11 is 4.38. The van der Waals surface area contributed by atoms with Gasteiger partial charge in [-0.3, -0.25) is 4.79 Å². The summed E-state index contributed by atoms with van der Waals surface area (Å²) < 4.78 is 6.12. The first-order valence-corrected chi connectivity index (χ1v) is 8.53. The number of hydrogen-bond donors (Lipinski definition) is 1. The van der Waals surface area contributed by atoms with E-state index in [2.05, 4.69) is 15.9 Å². The SMILES string of the molecule is O=C(O)/C(=C\c1ccc(Br)cc1)SCC(=O)N1CCOCC1. The molecule has 0 spiro atoms. The summed E-state index contributed by atoms with van der Waals surface area (Å²) in [5.74, 6) is -0.965. The van der Waals surface area contributed by atoms with Gasteiger partial charge in [-0.1, -0.05) is 28.1 Å². The molecule has 0 saturated carbocycles. The molecule has 0 atom stereocenters. The smallest absolute Gasteiger partial charge is 0.342 e. The molecule has 1 aliphatic heterocycles. The molecule has 1 amide bonds. The van der Waals surface area contributed by atoms with Crippen molar-refractivity contribution in [1.82, 2.24) is 4.90 Å². The van der Waals surface area contributed by atoms with Crippen molar-refractivity contribution in [2.45, 2.75) is 0 Å². The lowest BCUT2D eigenvalue weighted by Gasteiger charge is -2.26. The van der Waals surface area contributed by atoms with Crippen LogP contribution in [-0.4, -0.2) is 53.9 Å². The maximum atomic E-state index is 12.0. The first-order valence-electron chi connectivity index (χ1n) is 6.75. The Hall–Kier alpha value is -1.31. The second kappa shape index (κ2) is 8.36. The maximum Gasteiger partial charge on any atom is 0.342 e. The van der Waals surface area contributed by atoms with Gasteiger partial charge in [0.15, 0.2) is 0 Å². The van der Waals surface area contributed by atoms with Crippen molar-refractivity contribution in [3.63, 3.8) is 0 Å². The van der Waals surface area contributed by atoms with Gasteiger partial charge in [-0.25, -0.2) is 4.79 Å². The summed E-state index contributed by atoms with van der Waals surface area (Å²) in [4.78, 5) is 25.2. The van der Waals surface area contributed by atoms with Gasteiger partial charge in [0.2, 0.25) is 5.91 Å². The minimum Gasteiger partial charge on any atom is -0.477 e. The van der Waals surface area contributed by atoms with Crippen LogP contribution in [0.5, 0.6) is 0 Å². The highest BCUT2D eigenvalue weighted by Crippen LogP contribution is 2.21. The summed E-state index contributed by atoms with van der Waals surface area (Å²) in [7, 11) is 0. The van der Waals surface area contributed by atoms with E-state index in [4.69, 9.17) is 4.74 Å². The number of hydrogen-bond acceptors (Lipinski definition) is 4. The molecule has 0 aliphatic carbocycles. The van der Waals surface area contributed by atoms with Crippen LogP contribution in [0.4, 0.5) is 0 Å². The zero-order valence-electron chi connectivity index (χ0n) is 11.8. The van der Waals surface area contributed by atoms with E-state index in [-0.39, 0.29) is 16.6 Å². The van der Waals surface area contributed by atoms with Crippen molar-refractivity contribution < 1.29 is 19.4 Å². The number of thioether (sulfide) groups is 1. The number of benzene rings is 1. The summed E-state index contributed by atoms with van der Waals surface area (Å²) in [6, 6.07) is 7.32. The van der Waals surface area contributed by atoms with Gasteiger partial charge in [-0.15, -0.1) is 11.8 Å². The Morgan fingerprint density at radius 3 is 2.50 bits per heavy atom. The van der Waals surface area contributed by atoms with Crippen LogP contribution in [0.15, 0.2) is 33.6 Å². The van der Waals surface area contributed by atoms with Crippen molar-refractivity contribution in [3.05, 3.63) is 39.2 Å². The minimum absolute atomic E-state index is 0.0590. The summed E-state index contributed by atoms with van der Waals surface area (Å²) in [6.45, 7) is 2.21. The van der Waals surface area contributed by atoms with Crippen molar-refractivity contribution in [1.29, 1.82) is 0 Å². The number of carboxylic acids is 1. The Kier molecular flexibility index (Phi) is 6.48. The van der Waals surface area contributed by atoms with E-state index >= 15 is 0 Å². The highest BCUT2D eigenvalue weighted by atomic mass is 79.9. The fraction of sp³-hybridized carbons (Fsp3) is 0.333. The zero-order chi connectivity index (χ0) is 15.9. The summed E-state index contributed by atoms with van der Waals surface area (Å²) in [6.07, 6.45) is 1.58. The van der Waals surface area contributed by atoms with Crippen LogP contribution in [-0.2, 0) is 14.3 Å². The molecule has 1 N–H and O–H groups in total. The lowest BCUT2D eigenvalue weighted by Crippen LogP contribution is -2.41. The minimum atomic E-state index is -1.03. The van der Waals surface area contributed by atoms with Gasteiger partial charge in [0.1, 0.15) is 0 Å². The molecule has 118 valence electrons. The monoisotopic (exact) mass is 385 g/mol. The van der Waals surface area contributed by atoms with Crippen LogP contribution in [0.2, 0.25) is 0 Å². The van der Waals surface area contributed by atoms with Crippen LogP contribution in [0.1, 0.15) is 5.56 Å². The molecule has 1 heterocycles. The third-order valence-electron chi connectivity index (χ3n) is 3.09. The van der Waals surface area contributed by atoms with Crippen LogP contribution < -0.4 is 0 Å². The Labute approximate surface area is 141 Å². The molecule has 0 aromatic heterocycles. The average molecular weight is 386 g/mol. The molecule has 5 nitrogen and oxygen atoms in total. The molecule has 1 fully saturated rings. The fourth-order valence-electron chi connectivity index (χ4n) is 1.92. The maximum absolute atomic E-state index is 12.0. The highest BCUT2D eigenvalue weighted by Gasteiger charge is 2.18. The molecular weight excluding hydrogens is 370 g/mol. The largest absolute Gasteiger partial charge is 0.477 e. The number of carbonyl (C=O) groups is 2. The number of morpholine rings is 1. The molecule has 1 aliphatic rings. The van der Waals surface area contributed by atoms with E-state index in [9.17, 15) is 14.7 Å². The predicted molar refractivity (Wildman–Crippen MR) is 89.6 cm³/mol. The lowest BCUT2D eigenvalue weighted by molar-refractivity contribution is -0.132. The standard InChI is InChI=1S/C15H16BrNO4S/c16-12-3-1-11(2-4-12)9-13(15(19)20)22-10-14(18)17-5-7-21-8-6-17/h1-4,9H,5-8,10H2,(H,19,20)/b13-9+. The molecule has 1 saturated heterocycles. The number of ether oxygens (including phenoxy) is 1. The second-order valence-corrected chi connectivity index (χ2v) is 6.58. The molecule has 0 unspecified atom stereocenters. The van der Waals surface area contributed by atoms with E-state index in [1.807, 2.05) is 24.3 Å². The zero-order valence-corrected chi connectivity index (χ0v) is 14.2. The molecule has 1 aromatic rings. The van der Waals surface area contributed by atoms with Crippen molar-refractivity contribution in [2.24, 2.45) is 0 Å². The van der Waals surface area contributed by atoms with Crippen molar-refractivity contribution in [3.8, 4) is 0 Å². The normalized spacial score (nSPS) is 15.7. The quantitative estimate of drug-likeness (QED) is 0.788. The molecular formula is C15H16BrNO4S. The molecule has 0 radical (unpaired) electrons. The van der Waals surface area contributed by atoms with E-state index in [0.29, 0.717) is 26.3 Å². The number of aliphatic carboxylic acids is 1. The van der Waals surface area contributed by atoms with Crippen LogP contribution in [0.25, 0.3) is 6.08 Å². The molecule has 7 heteroatoms. The number of halogens is 1. The van der Waals surface area contributed by atoms with Crippen molar-refractivity contribution >= 4 is 45.6 Å². The number of carbonyl (C=O) groups excluding carboxylic acids is 1. The Bertz CT molecular complexity index is 567. The number of amides is 1. The number of carboxylic acid groups (broad SMARTS) is 1. The fourth-order valence-corrected chi connectivity index (χ4v) is 2.99. The van der Waals surface area contributed by atoms with Gasteiger partial charge in [0, 0.05) is 17.6 Å². The summed E-state index contributed by atoms with van der Waals surface area (Å²) in [5, 5.41) is 9.27. The van der Waals surface area contributed by atoms with Gasteiger partial charge >= 0.3 is 5.97 Å². The molecule has 1 aromatic carbocycles.